The molecule has 2 saturated heterocycles. The van der Waals surface area contributed by atoms with Crippen molar-refractivity contribution >= 4 is 36.9 Å². The molecule has 514 valence electrons. The van der Waals surface area contributed by atoms with E-state index >= 15 is 0 Å². The van der Waals surface area contributed by atoms with Gasteiger partial charge < -0.3 is 61.0 Å². The van der Waals surface area contributed by atoms with Gasteiger partial charge in [-0.05, 0) is 177 Å². The van der Waals surface area contributed by atoms with Gasteiger partial charge in [0.05, 0.1) is 63.0 Å². The second-order valence-electron chi connectivity index (χ2n) is 29.8. The van der Waals surface area contributed by atoms with Crippen LogP contribution in [0.25, 0.3) is 0 Å². The smallest absolute Gasteiger partial charge is 0.338 e. The number of hydrogen-bond donors (Lipinski definition) is 1. The zero-order valence-corrected chi connectivity index (χ0v) is 62.0. The predicted molar refractivity (Wildman–Crippen MR) is 362 cm³/mol. The summed E-state index contributed by atoms with van der Waals surface area (Å²) in [5.74, 6) is 1.03. The molecule has 1 unspecified atom stereocenters. The van der Waals surface area contributed by atoms with Crippen LogP contribution in [0.3, 0.4) is 0 Å². The zero-order valence-electron chi connectivity index (χ0n) is 59.0. The molecule has 9 rings (SSSR count). The van der Waals surface area contributed by atoms with Gasteiger partial charge in [-0.2, -0.15) is 0 Å². The number of carbonyl (C=O) groups excluding carboxylic acids is 2. The van der Waals surface area contributed by atoms with Crippen molar-refractivity contribution in [2.75, 3.05) is 27.4 Å². The molecule has 0 bridgehead atoms. The van der Waals surface area contributed by atoms with Crippen LogP contribution in [0, 0.1) is 51.8 Å². The van der Waals surface area contributed by atoms with Crippen LogP contribution < -0.4 is 4.74 Å². The van der Waals surface area contributed by atoms with E-state index in [0.29, 0.717) is 42.1 Å². The monoisotopic (exact) mass is 1320 g/mol. The fourth-order valence-electron chi connectivity index (χ4n) is 19.5. The summed E-state index contributed by atoms with van der Waals surface area (Å²) in [5, 5.41) is 14.8. The molecule has 91 heavy (non-hydrogen) atoms. The molecular formula is C73H120O15Si3. The molecular weight excluding hydrogens is 1200 g/mol. The van der Waals surface area contributed by atoms with Gasteiger partial charge in [0, 0.05) is 30.8 Å². The number of rotatable bonds is 32. The molecule has 5 aliphatic carbocycles. The lowest BCUT2D eigenvalue weighted by atomic mass is 9.44. The van der Waals surface area contributed by atoms with Crippen molar-refractivity contribution in [3.05, 3.63) is 65.7 Å². The predicted octanol–water partition coefficient (Wildman–Crippen LogP) is 15.5. The first-order valence-corrected chi connectivity index (χ1v) is 43.6. The first-order valence-electron chi connectivity index (χ1n) is 36.0. The fourth-order valence-corrected chi connectivity index (χ4v) is 28.0. The zero-order chi connectivity index (χ0) is 65.9. The summed E-state index contributed by atoms with van der Waals surface area (Å²) in [7, 11) is -3.84. The molecule has 2 aliphatic heterocycles. The second-order valence-corrected chi connectivity index (χ2v) is 43.9. The number of benzene rings is 2. The standard InChI is InChI=1S/C73H120O15Si3/c1-18-89(19-2,20-3)86-59-46-80-68(65(82-50(13)74)63(59)85-69-66(84-67(75)52-33-35-54(77-16)36-34-52)64(88-91(24-7,25-8)26-9)60(47-81-69)87-90(21-4,22-5)23-6)83-62-43-57-55-42-61(78-17)72-44-53(72)38-40-70(72,14)56(55)39-41-71(57,15)73(62,76)49(12)58(37-32-48(10)11)79-45-51-30-28-27-29-31-51/h27-31,33-36,48-49,53,55-66,68-69,76H,18-26,32,37-47H2,1-17H3/t49-,53-,55-,56+,57+,58?,59+,60-,61-,62+,63+,64+,65-,66-,68+,69+,70-,71+,72+,73-/m1/s1. The lowest BCUT2D eigenvalue weighted by molar-refractivity contribution is -0.344. The highest BCUT2D eigenvalue weighted by atomic mass is 28.4. The average molecular weight is 1320 g/mol. The summed E-state index contributed by atoms with van der Waals surface area (Å²) in [5.41, 5.74) is -0.304. The summed E-state index contributed by atoms with van der Waals surface area (Å²) in [6.07, 6.45) is -0.273. The molecule has 2 aromatic rings. The Morgan fingerprint density at radius 2 is 1.18 bits per heavy atom. The van der Waals surface area contributed by atoms with Crippen LogP contribution in [0.4, 0.5) is 0 Å². The van der Waals surface area contributed by atoms with Crippen LogP contribution >= 0.6 is 0 Å². The summed E-state index contributed by atoms with van der Waals surface area (Å²) in [4.78, 5) is 29.0. The van der Waals surface area contributed by atoms with Gasteiger partial charge in [-0.3, -0.25) is 4.79 Å². The van der Waals surface area contributed by atoms with E-state index in [1.54, 1.807) is 31.4 Å². The van der Waals surface area contributed by atoms with Gasteiger partial charge in [-0.15, -0.1) is 0 Å². The third-order valence-corrected chi connectivity index (χ3v) is 39.9. The molecule has 15 nitrogen and oxygen atoms in total. The minimum atomic E-state index is -2.51. The molecule has 5 saturated carbocycles. The molecule has 7 aliphatic rings. The van der Waals surface area contributed by atoms with E-state index in [1.165, 1.54) is 26.2 Å². The lowest BCUT2D eigenvalue weighted by Crippen LogP contribution is -2.67. The molecule has 2 aromatic carbocycles. The maximum Gasteiger partial charge on any atom is 0.338 e. The third-order valence-electron chi connectivity index (χ3n) is 25.9. The number of methoxy groups -OCH3 is 2. The maximum atomic E-state index is 14.9. The number of hydrogen-bond acceptors (Lipinski definition) is 15. The third kappa shape index (κ3) is 13.9. The molecule has 0 amide bonds. The first-order chi connectivity index (χ1) is 43.5. The molecule has 0 radical (unpaired) electrons. The highest BCUT2D eigenvalue weighted by Crippen LogP contribution is 2.82. The summed E-state index contributed by atoms with van der Waals surface area (Å²) in [6, 6.07) is 24.9. The van der Waals surface area contributed by atoms with Crippen LogP contribution in [0.5, 0.6) is 5.75 Å². The minimum Gasteiger partial charge on any atom is -0.497 e. The van der Waals surface area contributed by atoms with Crippen molar-refractivity contribution in [1.29, 1.82) is 0 Å². The van der Waals surface area contributed by atoms with Crippen molar-refractivity contribution in [3.8, 4) is 5.75 Å². The average Bonchev–Trinajstić information content (AvgIpc) is 1.49. The van der Waals surface area contributed by atoms with Gasteiger partial charge in [0.2, 0.25) is 0 Å². The Hall–Kier alpha value is -2.57. The van der Waals surface area contributed by atoms with Gasteiger partial charge in [0.1, 0.15) is 23.6 Å². The van der Waals surface area contributed by atoms with E-state index in [9.17, 15) is 14.7 Å². The molecule has 1 spiro atoms. The quantitative estimate of drug-likeness (QED) is 0.0543. The summed E-state index contributed by atoms with van der Waals surface area (Å²) in [6.45, 7) is 33.4. The normalized spacial score (nSPS) is 36.2. The van der Waals surface area contributed by atoms with Crippen molar-refractivity contribution in [3.63, 3.8) is 0 Å². The lowest BCUT2D eigenvalue weighted by Gasteiger charge is -2.62. The van der Waals surface area contributed by atoms with Crippen LogP contribution in [0.1, 0.15) is 178 Å². The topological polar surface area (TPSA) is 165 Å². The first kappa shape index (κ1) is 72.7. The van der Waals surface area contributed by atoms with E-state index in [-0.39, 0.29) is 48.1 Å². The van der Waals surface area contributed by atoms with E-state index in [1.807, 2.05) is 25.3 Å². The number of aliphatic hydroxyl groups is 1. The van der Waals surface area contributed by atoms with Crippen molar-refractivity contribution in [1.82, 2.24) is 0 Å². The molecule has 18 heteroatoms. The minimum absolute atomic E-state index is 0.0338. The Bertz CT molecular complexity index is 2630. The maximum absolute atomic E-state index is 14.9. The van der Waals surface area contributed by atoms with Crippen LogP contribution in [0.2, 0.25) is 54.4 Å². The van der Waals surface area contributed by atoms with Gasteiger partial charge in [-0.1, -0.05) is 127 Å². The van der Waals surface area contributed by atoms with Crippen molar-refractivity contribution in [2.45, 2.75) is 296 Å². The summed E-state index contributed by atoms with van der Waals surface area (Å²) >= 11 is 0. The fraction of sp³-hybridized carbons (Fsp3) is 0.808. The van der Waals surface area contributed by atoms with Crippen molar-refractivity contribution < 1.29 is 70.6 Å². The van der Waals surface area contributed by atoms with Crippen molar-refractivity contribution in [2.24, 2.45) is 51.8 Å². The summed E-state index contributed by atoms with van der Waals surface area (Å²) < 4.78 is 84.8. The molecule has 7 fully saturated rings. The number of ether oxygens (including phenoxy) is 9. The number of esters is 2. The Kier molecular flexibility index (Phi) is 24.0. The largest absolute Gasteiger partial charge is 0.497 e. The van der Waals surface area contributed by atoms with Crippen LogP contribution in [-0.4, -0.2) is 143 Å². The van der Waals surface area contributed by atoms with E-state index in [2.05, 4.69) is 109 Å². The molecule has 20 atom stereocenters. The van der Waals surface area contributed by atoms with Crippen LogP contribution in [0.15, 0.2) is 54.6 Å². The second kappa shape index (κ2) is 30.0. The Morgan fingerprint density at radius 3 is 1.71 bits per heavy atom. The molecule has 0 aromatic heterocycles. The van der Waals surface area contributed by atoms with Gasteiger partial charge in [0.15, 0.2) is 49.7 Å². The Balaban J connectivity index is 1.15. The van der Waals surface area contributed by atoms with Crippen LogP contribution in [-0.2, 0) is 62.6 Å². The van der Waals surface area contributed by atoms with E-state index in [4.69, 9.17) is 55.9 Å². The van der Waals surface area contributed by atoms with Gasteiger partial charge in [-0.25, -0.2) is 4.79 Å². The number of fused-ring (bicyclic) bond motifs is 4. The van der Waals surface area contributed by atoms with E-state index < -0.39 is 109 Å². The SMILES string of the molecule is CC[Si](CC)(CC)O[C@@H]1[C@@H](OC(=O)c2ccc(OC)cc2)[C@H](O[C@@H]2[C@@H](OC(C)=O)[C@H](O[C@H]3C[C@H]4[C@@H]5C[C@@H](OC)[C@]67C[C@H]6CC[C@]7(C)[C@H]5CC[C@]4(C)[C@@]3(O)[C@H](C)C(CCC(C)C)OCc3ccccc3)OC[C@@H]2O[Si](CC)(CC)CC)OC[C@H]1O[Si](CC)(CC)CC. The molecule has 1 N–H and O–H groups in total. The number of carbonyl (C=O) groups is 2. The molecule has 2 heterocycles. The van der Waals surface area contributed by atoms with Gasteiger partial charge in [0.25, 0.3) is 0 Å². The van der Waals surface area contributed by atoms with E-state index in [0.717, 1.165) is 92.1 Å². The Labute approximate surface area is 551 Å². The highest BCUT2D eigenvalue weighted by molar-refractivity contribution is 6.74. The Morgan fingerprint density at radius 1 is 0.626 bits per heavy atom. The highest BCUT2D eigenvalue weighted by Gasteiger charge is 2.79. The van der Waals surface area contributed by atoms with Gasteiger partial charge >= 0.3 is 11.9 Å².